The topological polar surface area (TPSA) is 82.1 Å². The molecule has 2 rings (SSSR count). The van der Waals surface area contributed by atoms with Crippen LogP contribution in [0.25, 0.3) is 0 Å². The Bertz CT molecular complexity index is 465. The van der Waals surface area contributed by atoms with Crippen LogP contribution in [0.2, 0.25) is 0 Å². The van der Waals surface area contributed by atoms with E-state index in [4.69, 9.17) is 10.9 Å². The maximum Gasteiger partial charge on any atom is 0.173 e. The van der Waals surface area contributed by atoms with Crippen LogP contribution in [0, 0.1) is 5.92 Å². The maximum absolute atomic E-state index is 9.19. The van der Waals surface area contributed by atoms with Crippen molar-refractivity contribution in [3.8, 4) is 0 Å². The third-order valence-corrected chi connectivity index (χ3v) is 3.90. The van der Waals surface area contributed by atoms with Crippen LogP contribution < -0.4 is 10.6 Å². The molecule has 98 valence electrons. The molecule has 1 aromatic carbocycles. The molecule has 1 unspecified atom stereocenters. The van der Waals surface area contributed by atoms with Gasteiger partial charge in [-0.1, -0.05) is 11.2 Å². The first-order valence-electron chi connectivity index (χ1n) is 5.79. The number of nitrogens with two attached hydrogens (primary N) is 1. The largest absolute Gasteiger partial charge is 0.409 e. The van der Waals surface area contributed by atoms with Crippen LogP contribution in [0.5, 0.6) is 0 Å². The predicted molar refractivity (Wildman–Crippen MR) is 74.1 cm³/mol. The number of anilines is 1. The van der Waals surface area contributed by atoms with Crippen molar-refractivity contribution in [3.05, 3.63) is 28.2 Å². The average molecular weight is 314 g/mol. The normalized spacial score (nSPS) is 20.4. The second-order valence-electron chi connectivity index (χ2n) is 4.40. The van der Waals surface area contributed by atoms with Crippen molar-refractivity contribution in [3.63, 3.8) is 0 Å². The molecular formula is C12H16BrN3O2. The van der Waals surface area contributed by atoms with Gasteiger partial charge in [-0.15, -0.1) is 0 Å². The molecule has 1 aromatic rings. The molecule has 0 radical (unpaired) electrons. The van der Waals surface area contributed by atoms with Gasteiger partial charge in [-0.25, -0.2) is 0 Å². The number of nitrogens with zero attached hydrogens (tertiary/aromatic N) is 2. The zero-order chi connectivity index (χ0) is 13.1. The Kier molecular flexibility index (Phi) is 4.08. The first kappa shape index (κ1) is 13.2. The molecule has 4 N–H and O–H groups in total. The summed E-state index contributed by atoms with van der Waals surface area (Å²) in [5.41, 5.74) is 7.34. The zero-order valence-corrected chi connectivity index (χ0v) is 11.5. The second kappa shape index (κ2) is 5.58. The van der Waals surface area contributed by atoms with Gasteiger partial charge >= 0.3 is 0 Å². The van der Waals surface area contributed by atoms with E-state index < -0.39 is 0 Å². The van der Waals surface area contributed by atoms with Crippen LogP contribution >= 0.6 is 15.9 Å². The van der Waals surface area contributed by atoms with Crippen molar-refractivity contribution in [2.45, 2.75) is 6.42 Å². The van der Waals surface area contributed by atoms with Crippen LogP contribution in [0.4, 0.5) is 5.69 Å². The van der Waals surface area contributed by atoms with Gasteiger partial charge in [0.25, 0.3) is 0 Å². The van der Waals surface area contributed by atoms with Gasteiger partial charge in [0, 0.05) is 35.8 Å². The number of hydrogen-bond donors (Lipinski definition) is 3. The van der Waals surface area contributed by atoms with Gasteiger partial charge in [0.05, 0.1) is 5.56 Å². The van der Waals surface area contributed by atoms with Crippen molar-refractivity contribution in [2.24, 2.45) is 16.8 Å². The third-order valence-electron chi connectivity index (χ3n) is 3.24. The van der Waals surface area contributed by atoms with E-state index in [2.05, 4.69) is 26.0 Å². The molecule has 18 heavy (non-hydrogen) atoms. The second-order valence-corrected chi connectivity index (χ2v) is 5.26. The van der Waals surface area contributed by atoms with Gasteiger partial charge in [-0.2, -0.15) is 0 Å². The lowest BCUT2D eigenvalue weighted by atomic mass is 10.1. The molecular weight excluding hydrogens is 298 g/mol. The van der Waals surface area contributed by atoms with Crippen molar-refractivity contribution >= 4 is 27.5 Å². The van der Waals surface area contributed by atoms with Crippen LogP contribution in [-0.2, 0) is 0 Å². The Hall–Kier alpha value is -1.27. The number of amidine groups is 1. The lowest BCUT2D eigenvalue weighted by molar-refractivity contribution is 0.238. The number of rotatable bonds is 3. The standard InChI is InChI=1S/C12H16BrN3O2/c13-9-2-1-3-10(11(9)12(14)15-18)16-5-4-8(6-16)7-17/h1-3,8,17-18H,4-7H2,(H2,14,15). The van der Waals surface area contributed by atoms with E-state index in [1.165, 1.54) is 0 Å². The Balaban J connectivity index is 2.36. The summed E-state index contributed by atoms with van der Waals surface area (Å²) in [6, 6.07) is 5.72. The van der Waals surface area contributed by atoms with E-state index in [1.807, 2.05) is 18.2 Å². The monoisotopic (exact) mass is 313 g/mol. The minimum absolute atomic E-state index is 0.0879. The minimum atomic E-state index is 0.0879. The third kappa shape index (κ3) is 2.44. The van der Waals surface area contributed by atoms with E-state index in [1.54, 1.807) is 0 Å². The Morgan fingerprint density at radius 3 is 2.94 bits per heavy atom. The van der Waals surface area contributed by atoms with Gasteiger partial charge in [0.15, 0.2) is 5.84 Å². The van der Waals surface area contributed by atoms with E-state index in [0.717, 1.165) is 29.7 Å². The van der Waals surface area contributed by atoms with Crippen LogP contribution in [-0.4, -0.2) is 35.8 Å². The fourth-order valence-corrected chi connectivity index (χ4v) is 2.84. The molecule has 1 aliphatic heterocycles. The fourth-order valence-electron chi connectivity index (χ4n) is 2.28. The molecule has 1 saturated heterocycles. The molecule has 1 fully saturated rings. The summed E-state index contributed by atoms with van der Waals surface area (Å²) in [5.74, 6) is 0.383. The SMILES string of the molecule is N/C(=N/O)c1c(Br)cccc1N1CCC(CO)C1. The lowest BCUT2D eigenvalue weighted by Crippen LogP contribution is -2.25. The number of oxime groups is 1. The molecule has 1 atom stereocenters. The summed E-state index contributed by atoms with van der Waals surface area (Å²) >= 11 is 3.42. The van der Waals surface area contributed by atoms with Gasteiger partial charge in [-0.05, 0) is 34.5 Å². The molecule has 0 aromatic heterocycles. The summed E-state index contributed by atoms with van der Waals surface area (Å²) in [5, 5.41) is 21.1. The summed E-state index contributed by atoms with van der Waals surface area (Å²) in [6.07, 6.45) is 0.957. The smallest absolute Gasteiger partial charge is 0.173 e. The van der Waals surface area contributed by atoms with Crippen molar-refractivity contribution < 1.29 is 10.3 Å². The van der Waals surface area contributed by atoms with Crippen molar-refractivity contribution in [1.29, 1.82) is 0 Å². The Labute approximate surface area is 114 Å². The molecule has 0 saturated carbocycles. The first-order valence-corrected chi connectivity index (χ1v) is 6.59. The fraction of sp³-hybridized carbons (Fsp3) is 0.417. The number of aliphatic hydroxyl groups is 1. The number of halogens is 1. The van der Waals surface area contributed by atoms with Crippen molar-refractivity contribution in [2.75, 3.05) is 24.6 Å². The highest BCUT2D eigenvalue weighted by Crippen LogP contribution is 2.31. The van der Waals surface area contributed by atoms with E-state index in [-0.39, 0.29) is 12.4 Å². The summed E-state index contributed by atoms with van der Waals surface area (Å²) in [6.45, 7) is 1.86. The average Bonchev–Trinajstić information content (AvgIpc) is 2.86. The first-order chi connectivity index (χ1) is 8.67. The lowest BCUT2D eigenvalue weighted by Gasteiger charge is -2.22. The highest BCUT2D eigenvalue weighted by molar-refractivity contribution is 9.10. The predicted octanol–water partition coefficient (Wildman–Crippen LogP) is 1.36. The number of hydrogen-bond acceptors (Lipinski definition) is 4. The van der Waals surface area contributed by atoms with E-state index >= 15 is 0 Å². The summed E-state index contributed by atoms with van der Waals surface area (Å²) in [7, 11) is 0. The van der Waals surface area contributed by atoms with Crippen molar-refractivity contribution in [1.82, 2.24) is 0 Å². The van der Waals surface area contributed by atoms with Gasteiger partial charge in [0.1, 0.15) is 0 Å². The van der Waals surface area contributed by atoms with E-state index in [0.29, 0.717) is 11.5 Å². The van der Waals surface area contributed by atoms with Crippen LogP contribution in [0.3, 0.4) is 0 Å². The number of aliphatic hydroxyl groups excluding tert-OH is 1. The van der Waals surface area contributed by atoms with Gasteiger partial charge in [0.2, 0.25) is 0 Å². The molecule has 1 aliphatic rings. The molecule has 0 bridgehead atoms. The Morgan fingerprint density at radius 1 is 1.56 bits per heavy atom. The molecule has 0 aliphatic carbocycles. The zero-order valence-electron chi connectivity index (χ0n) is 9.88. The molecule has 0 spiro atoms. The summed E-state index contributed by atoms with van der Waals surface area (Å²) < 4.78 is 0.794. The quantitative estimate of drug-likeness (QED) is 0.340. The maximum atomic E-state index is 9.19. The Morgan fingerprint density at radius 2 is 2.33 bits per heavy atom. The van der Waals surface area contributed by atoms with Crippen LogP contribution in [0.1, 0.15) is 12.0 Å². The van der Waals surface area contributed by atoms with E-state index in [9.17, 15) is 5.11 Å². The highest BCUT2D eigenvalue weighted by Gasteiger charge is 2.25. The minimum Gasteiger partial charge on any atom is -0.409 e. The molecule has 5 nitrogen and oxygen atoms in total. The number of benzene rings is 1. The molecule has 6 heteroatoms. The van der Waals surface area contributed by atoms with Gasteiger partial charge < -0.3 is 20.9 Å². The molecule has 0 amide bonds. The van der Waals surface area contributed by atoms with Crippen LogP contribution in [0.15, 0.2) is 27.8 Å². The molecule has 1 heterocycles. The highest BCUT2D eigenvalue weighted by atomic mass is 79.9. The van der Waals surface area contributed by atoms with Gasteiger partial charge in [-0.3, -0.25) is 0 Å². The summed E-state index contributed by atoms with van der Waals surface area (Å²) in [4.78, 5) is 2.15.